The van der Waals surface area contributed by atoms with Crippen LogP contribution in [0.15, 0.2) is 60.7 Å². The molecular weight excluding hydrogens is 386 g/mol. The first-order chi connectivity index (χ1) is 13.7. The largest absolute Gasteiger partial charge is 0.493 e. The number of carbonyl (C=O) groups excluding carboxylic acids is 1. The van der Waals surface area contributed by atoms with E-state index in [2.05, 4.69) is 23.5 Å². The number of anilines is 1. The zero-order valence-corrected chi connectivity index (χ0v) is 17.0. The fourth-order valence-corrected chi connectivity index (χ4v) is 3.78. The van der Waals surface area contributed by atoms with Crippen LogP contribution in [0.2, 0.25) is 0 Å². The summed E-state index contributed by atoms with van der Waals surface area (Å²) < 4.78 is 5.90. The van der Waals surface area contributed by atoms with Crippen LogP contribution in [0.5, 0.6) is 5.75 Å². The second-order valence-corrected chi connectivity index (χ2v) is 7.45. The number of hydrogen-bond acceptors (Lipinski definition) is 4. The van der Waals surface area contributed by atoms with Crippen molar-refractivity contribution in [2.24, 2.45) is 11.7 Å². The van der Waals surface area contributed by atoms with E-state index in [1.165, 1.54) is 0 Å². The van der Waals surface area contributed by atoms with Crippen LogP contribution in [0, 0.1) is 5.92 Å². The van der Waals surface area contributed by atoms with Crippen molar-refractivity contribution < 1.29 is 9.53 Å². The maximum absolute atomic E-state index is 11.3. The van der Waals surface area contributed by atoms with Gasteiger partial charge in [0.25, 0.3) is 0 Å². The topological polar surface area (TPSA) is 77.2 Å². The Labute approximate surface area is 177 Å². The number of nitrogens with zero attached hydrogens (tertiary/aromatic N) is 1. The molecule has 0 radical (unpaired) electrons. The number of pyridine rings is 1. The molecule has 0 saturated heterocycles. The van der Waals surface area contributed by atoms with E-state index in [1.54, 1.807) is 18.2 Å². The number of rotatable bonds is 6. The number of carbonyl (C=O) groups is 1. The summed E-state index contributed by atoms with van der Waals surface area (Å²) in [6.07, 6.45) is 4.43. The van der Waals surface area contributed by atoms with E-state index in [4.69, 9.17) is 15.5 Å². The summed E-state index contributed by atoms with van der Waals surface area (Å²) in [5, 5.41) is 4.75. The van der Waals surface area contributed by atoms with Crippen molar-refractivity contribution in [2.45, 2.75) is 31.7 Å². The molecule has 152 valence electrons. The molecule has 0 unspecified atom stereocenters. The molecular formula is C23H26ClN3O2. The lowest BCUT2D eigenvalue weighted by atomic mass is 9.86. The fourth-order valence-electron chi connectivity index (χ4n) is 3.78. The van der Waals surface area contributed by atoms with Gasteiger partial charge >= 0.3 is 0 Å². The Morgan fingerprint density at radius 2 is 1.83 bits per heavy atom. The third-order valence-corrected chi connectivity index (χ3v) is 5.40. The Morgan fingerprint density at radius 3 is 2.62 bits per heavy atom. The Bertz CT molecular complexity index is 971. The minimum atomic E-state index is -0.431. The highest BCUT2D eigenvalue weighted by molar-refractivity contribution is 5.93. The summed E-state index contributed by atoms with van der Waals surface area (Å²) in [7, 11) is 0. The number of halogens is 1. The van der Waals surface area contributed by atoms with Crippen LogP contribution in [-0.2, 0) is 0 Å². The summed E-state index contributed by atoms with van der Waals surface area (Å²) >= 11 is 0. The molecule has 6 heteroatoms. The number of hydrogen-bond donors (Lipinski definition) is 2. The molecule has 0 atom stereocenters. The van der Waals surface area contributed by atoms with Crippen LogP contribution in [-0.4, -0.2) is 23.5 Å². The summed E-state index contributed by atoms with van der Waals surface area (Å²) in [4.78, 5) is 16.0. The van der Waals surface area contributed by atoms with Gasteiger partial charge in [-0.1, -0.05) is 24.3 Å². The molecule has 1 fully saturated rings. The molecule has 29 heavy (non-hydrogen) atoms. The van der Waals surface area contributed by atoms with Crippen LogP contribution >= 0.6 is 12.4 Å². The van der Waals surface area contributed by atoms with E-state index in [9.17, 15) is 4.79 Å². The Kier molecular flexibility index (Phi) is 6.94. The average molecular weight is 412 g/mol. The molecule has 0 aliphatic heterocycles. The summed E-state index contributed by atoms with van der Waals surface area (Å²) in [6, 6.07) is 19.9. The van der Waals surface area contributed by atoms with E-state index in [1.807, 2.05) is 24.3 Å². The minimum absolute atomic E-state index is 0. The number of fused-ring (bicyclic) bond motifs is 1. The van der Waals surface area contributed by atoms with Crippen LogP contribution < -0.4 is 15.8 Å². The van der Waals surface area contributed by atoms with Crippen molar-refractivity contribution >= 4 is 35.0 Å². The number of benzene rings is 2. The first-order valence-corrected chi connectivity index (χ1v) is 9.82. The van der Waals surface area contributed by atoms with E-state index in [0.717, 1.165) is 42.4 Å². The number of nitrogens with two attached hydrogens (primary N) is 1. The molecule has 1 saturated carbocycles. The van der Waals surface area contributed by atoms with Crippen molar-refractivity contribution in [3.8, 4) is 5.75 Å². The normalized spacial score (nSPS) is 18.6. The van der Waals surface area contributed by atoms with Crippen molar-refractivity contribution in [1.29, 1.82) is 0 Å². The standard InChI is InChI=1S/C23H25N3O2.ClH/c24-23(27)18-5-3-6-20(14-18)28-15-16-8-11-19(12-9-16)25-22-13-10-17-4-1-2-7-21(17)26-22;/h1-7,10,13-14,16,19H,8-9,11-12,15H2,(H2,24,27)(H,25,26);1H. The van der Waals surface area contributed by atoms with Crippen LogP contribution in [0.3, 0.4) is 0 Å². The molecule has 4 rings (SSSR count). The Morgan fingerprint density at radius 1 is 1.03 bits per heavy atom. The average Bonchev–Trinajstić information content (AvgIpc) is 2.73. The molecule has 0 bridgehead atoms. The second-order valence-electron chi connectivity index (χ2n) is 7.45. The minimum Gasteiger partial charge on any atom is -0.493 e. The molecule has 1 aromatic heterocycles. The van der Waals surface area contributed by atoms with E-state index in [0.29, 0.717) is 29.9 Å². The van der Waals surface area contributed by atoms with Crippen LogP contribution in [0.25, 0.3) is 10.9 Å². The molecule has 1 aliphatic carbocycles. The third kappa shape index (κ3) is 5.39. The van der Waals surface area contributed by atoms with Gasteiger partial charge in [-0.05, 0) is 68.0 Å². The maximum Gasteiger partial charge on any atom is 0.248 e. The summed E-state index contributed by atoms with van der Waals surface area (Å²) in [6.45, 7) is 0.670. The SMILES string of the molecule is Cl.NC(=O)c1cccc(OCC2CCC(Nc3ccc4ccccc4n3)CC2)c1. The monoisotopic (exact) mass is 411 g/mol. The Balaban J connectivity index is 0.00000240. The van der Waals surface area contributed by atoms with Crippen molar-refractivity contribution in [1.82, 2.24) is 4.98 Å². The van der Waals surface area contributed by atoms with Crippen LogP contribution in [0.4, 0.5) is 5.82 Å². The predicted octanol–water partition coefficient (Wildman–Crippen LogP) is 4.81. The third-order valence-electron chi connectivity index (χ3n) is 5.40. The van der Waals surface area contributed by atoms with E-state index >= 15 is 0 Å². The number of para-hydroxylation sites is 1. The maximum atomic E-state index is 11.3. The number of primary amides is 1. The van der Waals surface area contributed by atoms with Gasteiger partial charge < -0.3 is 15.8 Å². The number of ether oxygens (including phenoxy) is 1. The highest BCUT2D eigenvalue weighted by Crippen LogP contribution is 2.27. The lowest BCUT2D eigenvalue weighted by Crippen LogP contribution is -2.28. The fraction of sp³-hybridized carbons (Fsp3) is 0.304. The second kappa shape index (κ2) is 9.61. The molecule has 0 spiro atoms. The number of amides is 1. The van der Waals surface area contributed by atoms with Crippen molar-refractivity contribution in [3.05, 3.63) is 66.2 Å². The quantitative estimate of drug-likeness (QED) is 0.610. The zero-order chi connectivity index (χ0) is 19.3. The highest BCUT2D eigenvalue weighted by Gasteiger charge is 2.22. The van der Waals surface area contributed by atoms with Gasteiger partial charge in [-0.3, -0.25) is 4.79 Å². The van der Waals surface area contributed by atoms with Gasteiger partial charge in [-0.25, -0.2) is 4.98 Å². The van der Waals surface area contributed by atoms with Gasteiger partial charge in [0.2, 0.25) is 5.91 Å². The first kappa shape index (κ1) is 20.9. The molecule has 1 heterocycles. The first-order valence-electron chi connectivity index (χ1n) is 9.82. The van der Waals surface area contributed by atoms with E-state index < -0.39 is 5.91 Å². The van der Waals surface area contributed by atoms with Crippen molar-refractivity contribution in [2.75, 3.05) is 11.9 Å². The summed E-state index contributed by atoms with van der Waals surface area (Å²) in [5.74, 6) is 1.75. The van der Waals surface area contributed by atoms with Gasteiger partial charge in [0.15, 0.2) is 0 Å². The highest BCUT2D eigenvalue weighted by atomic mass is 35.5. The number of aromatic nitrogens is 1. The van der Waals surface area contributed by atoms with Crippen LogP contribution in [0.1, 0.15) is 36.0 Å². The smallest absolute Gasteiger partial charge is 0.248 e. The van der Waals surface area contributed by atoms with Gasteiger partial charge in [0, 0.05) is 17.0 Å². The summed E-state index contributed by atoms with van der Waals surface area (Å²) in [5.41, 5.74) is 6.83. The zero-order valence-electron chi connectivity index (χ0n) is 16.2. The van der Waals surface area contributed by atoms with Crippen molar-refractivity contribution in [3.63, 3.8) is 0 Å². The molecule has 1 amide bonds. The molecule has 5 nitrogen and oxygen atoms in total. The molecule has 3 aromatic rings. The van der Waals surface area contributed by atoms with E-state index in [-0.39, 0.29) is 12.4 Å². The molecule has 1 aliphatic rings. The Hall–Kier alpha value is -2.79. The van der Waals surface area contributed by atoms with Gasteiger partial charge in [-0.2, -0.15) is 0 Å². The lowest BCUT2D eigenvalue weighted by Gasteiger charge is -2.29. The predicted molar refractivity (Wildman–Crippen MR) is 119 cm³/mol. The van der Waals surface area contributed by atoms with Gasteiger partial charge in [0.1, 0.15) is 11.6 Å². The number of nitrogens with one attached hydrogen (secondary N) is 1. The lowest BCUT2D eigenvalue weighted by molar-refractivity contribution is 0.0999. The molecule has 3 N–H and O–H groups in total. The van der Waals surface area contributed by atoms with Gasteiger partial charge in [0.05, 0.1) is 12.1 Å². The molecule has 2 aromatic carbocycles. The van der Waals surface area contributed by atoms with Gasteiger partial charge in [-0.15, -0.1) is 12.4 Å².